The summed E-state index contributed by atoms with van der Waals surface area (Å²) in [5, 5.41) is 10.6. The molecule has 0 unspecified atom stereocenters. The highest BCUT2D eigenvalue weighted by Crippen LogP contribution is 2.20. The molecule has 0 aliphatic carbocycles. The van der Waals surface area contributed by atoms with E-state index in [1.807, 2.05) is 39.8 Å². The van der Waals surface area contributed by atoms with Gasteiger partial charge in [0.05, 0.1) is 0 Å². The Morgan fingerprint density at radius 3 is 1.59 bits per heavy atom. The highest BCUT2D eigenvalue weighted by Gasteiger charge is 2.10. The molecule has 27 heavy (non-hydrogen) atoms. The first-order valence-corrected chi connectivity index (χ1v) is 10.6. The van der Waals surface area contributed by atoms with Gasteiger partial charge in [-0.3, -0.25) is 0 Å². The first-order valence-electron chi connectivity index (χ1n) is 8.67. The molecule has 0 spiro atoms. The van der Waals surface area contributed by atoms with Gasteiger partial charge in [-0.05, 0) is 46.2 Å². The minimum absolute atomic E-state index is 0.663. The van der Waals surface area contributed by atoms with Crippen LogP contribution in [-0.2, 0) is 0 Å². The van der Waals surface area contributed by atoms with Crippen molar-refractivity contribution in [1.29, 1.82) is 0 Å². The van der Waals surface area contributed by atoms with Crippen LogP contribution in [0.5, 0.6) is 0 Å². The summed E-state index contributed by atoms with van der Waals surface area (Å²) in [4.78, 5) is 17.8. The molecule has 4 aromatic rings. The fourth-order valence-electron chi connectivity index (χ4n) is 2.80. The van der Waals surface area contributed by atoms with Crippen LogP contribution in [0.1, 0.15) is 29.2 Å². The Morgan fingerprint density at radius 2 is 1.15 bits per heavy atom. The van der Waals surface area contributed by atoms with E-state index in [2.05, 4.69) is 30.1 Å². The molecule has 10 heteroatoms. The molecule has 0 bridgehead atoms. The van der Waals surface area contributed by atoms with Crippen molar-refractivity contribution >= 4 is 35.1 Å². The zero-order valence-electron chi connectivity index (χ0n) is 15.7. The zero-order chi connectivity index (χ0) is 19.0. The van der Waals surface area contributed by atoms with E-state index in [1.165, 1.54) is 0 Å². The van der Waals surface area contributed by atoms with Crippen LogP contribution in [-0.4, -0.2) is 50.7 Å². The van der Waals surface area contributed by atoms with Crippen LogP contribution in [0.2, 0.25) is 0 Å². The Kier molecular flexibility index (Phi) is 5.00. The maximum Gasteiger partial charge on any atom is 0.253 e. The summed E-state index contributed by atoms with van der Waals surface area (Å²) in [6, 6.07) is 4.01. The molecule has 140 valence electrons. The van der Waals surface area contributed by atoms with Crippen molar-refractivity contribution in [3.05, 3.63) is 34.9 Å². The number of fused-ring (bicyclic) bond motifs is 2. The lowest BCUT2D eigenvalue weighted by molar-refractivity contribution is 0.841. The monoisotopic (exact) mass is 400 g/mol. The van der Waals surface area contributed by atoms with E-state index in [1.54, 1.807) is 32.6 Å². The Balaban J connectivity index is 1.32. The molecule has 0 N–H and O–H groups in total. The largest absolute Gasteiger partial charge is 0.253 e. The van der Waals surface area contributed by atoms with Crippen molar-refractivity contribution in [1.82, 2.24) is 39.2 Å². The van der Waals surface area contributed by atoms with Gasteiger partial charge in [-0.1, -0.05) is 23.5 Å². The number of rotatable bonds is 6. The molecule has 4 heterocycles. The summed E-state index contributed by atoms with van der Waals surface area (Å²) >= 11 is 3.30. The molecule has 0 saturated carbocycles. The summed E-state index contributed by atoms with van der Waals surface area (Å²) in [6.07, 6.45) is 1.01. The Morgan fingerprint density at radius 1 is 0.704 bits per heavy atom. The van der Waals surface area contributed by atoms with Gasteiger partial charge in [-0.25, -0.2) is 19.0 Å². The van der Waals surface area contributed by atoms with Gasteiger partial charge < -0.3 is 0 Å². The maximum atomic E-state index is 4.52. The van der Waals surface area contributed by atoms with Crippen molar-refractivity contribution in [2.24, 2.45) is 0 Å². The van der Waals surface area contributed by atoms with Crippen molar-refractivity contribution in [2.75, 3.05) is 11.5 Å². The summed E-state index contributed by atoms with van der Waals surface area (Å²) in [7, 11) is 0. The molecule has 4 aromatic heterocycles. The van der Waals surface area contributed by atoms with Crippen molar-refractivity contribution in [3.63, 3.8) is 0 Å². The Bertz CT molecular complexity index is 1030. The highest BCUT2D eigenvalue weighted by molar-refractivity contribution is 8.00. The smallest absolute Gasteiger partial charge is 0.216 e. The van der Waals surface area contributed by atoms with Crippen LogP contribution >= 0.6 is 23.5 Å². The third kappa shape index (κ3) is 3.91. The number of nitrogens with zero attached hydrogens (tertiary/aromatic N) is 8. The number of aryl methyl sites for hydroxylation is 4. The van der Waals surface area contributed by atoms with Crippen molar-refractivity contribution in [3.8, 4) is 0 Å². The van der Waals surface area contributed by atoms with Crippen LogP contribution in [0.3, 0.4) is 0 Å². The lowest BCUT2D eigenvalue weighted by Gasteiger charge is -1.97. The number of aromatic nitrogens is 8. The number of hydrogen-bond donors (Lipinski definition) is 0. The summed E-state index contributed by atoms with van der Waals surface area (Å²) < 4.78 is 3.59. The van der Waals surface area contributed by atoms with E-state index in [0.717, 1.165) is 51.0 Å². The second-order valence-electron chi connectivity index (χ2n) is 6.34. The Labute approximate surface area is 165 Å². The average Bonchev–Trinajstić information content (AvgIpc) is 3.18. The Hall–Kier alpha value is -2.20. The fraction of sp³-hybridized carbons (Fsp3) is 0.412. The molecular formula is C17H20N8S2. The van der Waals surface area contributed by atoms with E-state index in [9.17, 15) is 0 Å². The molecule has 0 fully saturated rings. The van der Waals surface area contributed by atoms with Gasteiger partial charge in [-0.2, -0.15) is 9.97 Å². The molecule has 4 rings (SSSR count). The van der Waals surface area contributed by atoms with E-state index in [4.69, 9.17) is 0 Å². The molecule has 0 aromatic carbocycles. The molecule has 0 aliphatic rings. The molecule has 0 saturated heterocycles. The molecular weight excluding hydrogens is 380 g/mol. The van der Waals surface area contributed by atoms with Gasteiger partial charge in [0, 0.05) is 34.3 Å². The predicted octanol–water partition coefficient (Wildman–Crippen LogP) is 3.07. The van der Waals surface area contributed by atoms with Gasteiger partial charge in [0.15, 0.2) is 0 Å². The van der Waals surface area contributed by atoms with E-state index in [-0.39, 0.29) is 0 Å². The van der Waals surface area contributed by atoms with Crippen LogP contribution < -0.4 is 0 Å². The van der Waals surface area contributed by atoms with E-state index in [0.29, 0.717) is 11.6 Å². The summed E-state index contributed by atoms with van der Waals surface area (Å²) in [5.74, 6) is 3.20. The molecule has 8 nitrogen and oxygen atoms in total. The SMILES string of the molecule is Cc1cc(C)n2nc(SCCCSc3nc4nc(C)cc(C)n4n3)nc2n1. The first kappa shape index (κ1) is 18.2. The number of hydrogen-bond acceptors (Lipinski definition) is 8. The summed E-state index contributed by atoms with van der Waals surface area (Å²) in [5.41, 5.74) is 4.01. The lowest BCUT2D eigenvalue weighted by Crippen LogP contribution is -1.97. The first-order chi connectivity index (χ1) is 13.0. The van der Waals surface area contributed by atoms with E-state index >= 15 is 0 Å². The van der Waals surface area contributed by atoms with Crippen LogP contribution in [0.15, 0.2) is 22.4 Å². The van der Waals surface area contributed by atoms with Crippen molar-refractivity contribution in [2.45, 2.75) is 44.4 Å². The van der Waals surface area contributed by atoms with Gasteiger partial charge in [-0.15, -0.1) is 10.2 Å². The second-order valence-corrected chi connectivity index (χ2v) is 8.46. The van der Waals surface area contributed by atoms with Gasteiger partial charge in [0.1, 0.15) is 0 Å². The lowest BCUT2D eigenvalue weighted by atomic mass is 10.4. The van der Waals surface area contributed by atoms with Crippen LogP contribution in [0.25, 0.3) is 11.6 Å². The predicted molar refractivity (Wildman–Crippen MR) is 107 cm³/mol. The summed E-state index contributed by atoms with van der Waals surface area (Å²) in [6.45, 7) is 7.97. The van der Waals surface area contributed by atoms with Gasteiger partial charge >= 0.3 is 0 Å². The molecule has 0 atom stereocenters. The normalized spacial score (nSPS) is 11.7. The third-order valence-corrected chi connectivity index (χ3v) is 5.80. The fourth-order valence-corrected chi connectivity index (χ4v) is 4.50. The van der Waals surface area contributed by atoms with Crippen LogP contribution in [0, 0.1) is 27.7 Å². The minimum atomic E-state index is 0.663. The number of thioether (sulfide) groups is 2. The van der Waals surface area contributed by atoms with Crippen molar-refractivity contribution < 1.29 is 0 Å². The average molecular weight is 401 g/mol. The maximum absolute atomic E-state index is 4.52. The molecule has 0 aliphatic heterocycles. The topological polar surface area (TPSA) is 86.2 Å². The second kappa shape index (κ2) is 7.43. The molecule has 0 radical (unpaired) electrons. The van der Waals surface area contributed by atoms with Gasteiger partial charge in [0.25, 0.3) is 11.6 Å². The third-order valence-electron chi connectivity index (χ3n) is 3.95. The minimum Gasteiger partial charge on any atom is -0.216 e. The quantitative estimate of drug-likeness (QED) is 0.360. The standard InChI is InChI=1S/C17H20N8S2/c1-10-8-12(3)24-14(18-10)20-16(22-24)26-6-5-7-27-17-21-15-19-11(2)9-13(4)25(15)23-17/h8-9H,5-7H2,1-4H3. The van der Waals surface area contributed by atoms with Crippen LogP contribution in [0.4, 0.5) is 0 Å². The van der Waals surface area contributed by atoms with Gasteiger partial charge in [0.2, 0.25) is 10.3 Å². The van der Waals surface area contributed by atoms with E-state index < -0.39 is 0 Å². The highest BCUT2D eigenvalue weighted by atomic mass is 32.2. The molecule has 0 amide bonds. The zero-order valence-corrected chi connectivity index (χ0v) is 17.3.